The molecular weight excluding hydrogens is 321 g/mol. The van der Waals surface area contributed by atoms with Crippen LogP contribution in [-0.4, -0.2) is 26.2 Å². The van der Waals surface area contributed by atoms with Crippen molar-refractivity contribution in [3.8, 4) is 5.75 Å². The number of methoxy groups -OCH3 is 1. The summed E-state index contributed by atoms with van der Waals surface area (Å²) in [4.78, 5) is 4.50. The Morgan fingerprint density at radius 1 is 1.32 bits per heavy atom. The molecule has 2 rings (SSSR count). The van der Waals surface area contributed by atoms with Crippen LogP contribution >= 0.6 is 0 Å². The summed E-state index contributed by atoms with van der Waals surface area (Å²) in [5.41, 5.74) is 1.73. The first kappa shape index (κ1) is 18.6. The number of hydrogen-bond donors (Lipinski definition) is 2. The van der Waals surface area contributed by atoms with Crippen LogP contribution in [0.2, 0.25) is 0 Å². The summed E-state index contributed by atoms with van der Waals surface area (Å²) in [6.45, 7) is 7.42. The second-order valence-electron chi connectivity index (χ2n) is 5.73. The topological polar surface area (TPSA) is 58.8 Å². The van der Waals surface area contributed by atoms with Crippen molar-refractivity contribution >= 4 is 5.96 Å². The van der Waals surface area contributed by atoms with Gasteiger partial charge in [0.05, 0.1) is 19.9 Å². The smallest absolute Gasteiger partial charge is 0.191 e. The molecule has 2 N–H and O–H groups in total. The molecule has 2 aromatic rings. The standard InChI is InChI=1S/C19H24FN3O2/c1-14(2)12-22-19(21-7-6-17-5-4-8-25-17)23-13-15-9-16(20)11-18(10-15)24-3/h4-5,8-11H,1,6-7,12-13H2,2-3H3,(H2,21,22,23). The van der Waals surface area contributed by atoms with Crippen LogP contribution in [0.25, 0.3) is 0 Å². The summed E-state index contributed by atoms with van der Waals surface area (Å²) in [5, 5.41) is 6.44. The van der Waals surface area contributed by atoms with Gasteiger partial charge in [0, 0.05) is 25.6 Å². The van der Waals surface area contributed by atoms with E-state index in [1.807, 2.05) is 19.1 Å². The molecule has 0 unspecified atom stereocenters. The molecule has 1 aromatic carbocycles. The molecule has 0 aliphatic heterocycles. The maximum absolute atomic E-state index is 13.6. The minimum absolute atomic E-state index is 0.334. The van der Waals surface area contributed by atoms with E-state index >= 15 is 0 Å². The lowest BCUT2D eigenvalue weighted by atomic mass is 10.2. The van der Waals surface area contributed by atoms with Gasteiger partial charge in [-0.1, -0.05) is 12.2 Å². The van der Waals surface area contributed by atoms with Crippen LogP contribution in [-0.2, 0) is 13.0 Å². The van der Waals surface area contributed by atoms with Crippen LogP contribution in [0.1, 0.15) is 18.2 Å². The molecule has 0 saturated carbocycles. The quantitative estimate of drug-likeness (QED) is 0.438. The van der Waals surface area contributed by atoms with E-state index < -0.39 is 0 Å². The van der Waals surface area contributed by atoms with Gasteiger partial charge in [0.1, 0.15) is 17.3 Å². The molecule has 0 spiro atoms. The van der Waals surface area contributed by atoms with Gasteiger partial charge in [-0.2, -0.15) is 0 Å². The Hall–Kier alpha value is -2.76. The van der Waals surface area contributed by atoms with Crippen LogP contribution in [0.3, 0.4) is 0 Å². The number of hydrogen-bond acceptors (Lipinski definition) is 3. The molecule has 1 heterocycles. The van der Waals surface area contributed by atoms with E-state index in [4.69, 9.17) is 9.15 Å². The molecule has 134 valence electrons. The average Bonchev–Trinajstić information content (AvgIpc) is 3.09. The van der Waals surface area contributed by atoms with Gasteiger partial charge in [-0.3, -0.25) is 0 Å². The minimum atomic E-state index is -0.341. The van der Waals surface area contributed by atoms with Gasteiger partial charge >= 0.3 is 0 Å². The van der Waals surface area contributed by atoms with Crippen molar-refractivity contribution < 1.29 is 13.5 Å². The van der Waals surface area contributed by atoms with Crippen LogP contribution < -0.4 is 15.4 Å². The third-order valence-electron chi connectivity index (χ3n) is 3.39. The van der Waals surface area contributed by atoms with Gasteiger partial charge < -0.3 is 19.8 Å². The molecular formula is C19H24FN3O2. The maximum Gasteiger partial charge on any atom is 0.191 e. The van der Waals surface area contributed by atoms with Crippen molar-refractivity contribution in [3.05, 3.63) is 65.9 Å². The first-order chi connectivity index (χ1) is 12.1. The zero-order valence-corrected chi connectivity index (χ0v) is 14.6. The summed E-state index contributed by atoms with van der Waals surface area (Å²) in [5.74, 6) is 1.68. The first-order valence-electron chi connectivity index (χ1n) is 8.09. The fourth-order valence-corrected chi connectivity index (χ4v) is 2.17. The van der Waals surface area contributed by atoms with E-state index in [9.17, 15) is 4.39 Å². The highest BCUT2D eigenvalue weighted by Gasteiger charge is 2.03. The molecule has 0 bridgehead atoms. The van der Waals surface area contributed by atoms with Crippen molar-refractivity contribution in [2.75, 3.05) is 20.2 Å². The highest BCUT2D eigenvalue weighted by Crippen LogP contribution is 2.16. The Bertz CT molecular complexity index is 711. The molecule has 25 heavy (non-hydrogen) atoms. The van der Waals surface area contributed by atoms with E-state index in [1.54, 1.807) is 12.3 Å². The number of benzene rings is 1. The lowest BCUT2D eigenvalue weighted by molar-refractivity contribution is 0.410. The monoisotopic (exact) mass is 345 g/mol. The molecule has 5 nitrogen and oxygen atoms in total. The summed E-state index contributed by atoms with van der Waals surface area (Å²) < 4.78 is 24.0. The molecule has 0 saturated heterocycles. The average molecular weight is 345 g/mol. The Morgan fingerprint density at radius 2 is 2.16 bits per heavy atom. The van der Waals surface area contributed by atoms with Crippen LogP contribution in [0.5, 0.6) is 5.75 Å². The number of nitrogens with one attached hydrogen (secondary N) is 2. The Morgan fingerprint density at radius 3 is 2.84 bits per heavy atom. The number of furan rings is 1. The lowest BCUT2D eigenvalue weighted by Gasteiger charge is -2.12. The van der Waals surface area contributed by atoms with Crippen LogP contribution in [0, 0.1) is 5.82 Å². The molecule has 0 atom stereocenters. The van der Waals surface area contributed by atoms with Crippen molar-refractivity contribution in [1.82, 2.24) is 10.6 Å². The van der Waals surface area contributed by atoms with Gasteiger partial charge in [-0.05, 0) is 36.8 Å². The van der Waals surface area contributed by atoms with E-state index in [-0.39, 0.29) is 5.82 Å². The largest absolute Gasteiger partial charge is 0.497 e. The first-order valence-corrected chi connectivity index (χ1v) is 8.09. The van der Waals surface area contributed by atoms with Crippen LogP contribution in [0.4, 0.5) is 4.39 Å². The predicted molar refractivity (Wildman–Crippen MR) is 97.3 cm³/mol. The summed E-state index contributed by atoms with van der Waals surface area (Å²) >= 11 is 0. The van der Waals surface area contributed by atoms with Gasteiger partial charge in [0.2, 0.25) is 0 Å². The SMILES string of the molecule is C=C(C)CNC(=NCc1cc(F)cc(OC)c1)NCCc1ccco1. The number of ether oxygens (including phenoxy) is 1. The summed E-state index contributed by atoms with van der Waals surface area (Å²) in [7, 11) is 1.51. The van der Waals surface area contributed by atoms with E-state index in [2.05, 4.69) is 22.2 Å². The van der Waals surface area contributed by atoms with Gasteiger partial charge in [-0.15, -0.1) is 0 Å². The van der Waals surface area contributed by atoms with Crippen molar-refractivity contribution in [1.29, 1.82) is 0 Å². The van der Waals surface area contributed by atoms with Gasteiger partial charge in [-0.25, -0.2) is 9.38 Å². The zero-order valence-electron chi connectivity index (χ0n) is 14.6. The fourth-order valence-electron chi connectivity index (χ4n) is 2.17. The van der Waals surface area contributed by atoms with E-state index in [1.165, 1.54) is 19.2 Å². The number of guanidine groups is 1. The van der Waals surface area contributed by atoms with Gasteiger partial charge in [0.15, 0.2) is 5.96 Å². The third-order valence-corrected chi connectivity index (χ3v) is 3.39. The normalized spacial score (nSPS) is 11.2. The molecule has 6 heteroatoms. The summed E-state index contributed by atoms with van der Waals surface area (Å²) in [6, 6.07) is 8.35. The molecule has 0 amide bonds. The molecule has 0 aliphatic carbocycles. The number of nitrogens with zero attached hydrogens (tertiary/aromatic N) is 1. The number of rotatable bonds is 8. The van der Waals surface area contributed by atoms with Crippen molar-refractivity contribution in [3.63, 3.8) is 0 Å². The molecule has 0 aliphatic rings. The highest BCUT2D eigenvalue weighted by atomic mass is 19.1. The van der Waals surface area contributed by atoms with Gasteiger partial charge in [0.25, 0.3) is 0 Å². The fraction of sp³-hybridized carbons (Fsp3) is 0.316. The Kier molecular flexibility index (Phi) is 7.07. The number of halogens is 1. The zero-order chi connectivity index (χ0) is 18.1. The van der Waals surface area contributed by atoms with E-state index in [0.717, 1.165) is 23.3 Å². The Balaban J connectivity index is 1.98. The molecule has 0 fully saturated rings. The molecule has 0 radical (unpaired) electrons. The lowest BCUT2D eigenvalue weighted by Crippen LogP contribution is -2.39. The second-order valence-corrected chi connectivity index (χ2v) is 5.73. The minimum Gasteiger partial charge on any atom is -0.497 e. The maximum atomic E-state index is 13.6. The second kappa shape index (κ2) is 9.52. The Labute approximate surface area is 147 Å². The predicted octanol–water partition coefficient (Wildman–Crippen LogP) is 3.28. The highest BCUT2D eigenvalue weighted by molar-refractivity contribution is 5.80. The third kappa shape index (κ3) is 6.71. The molecule has 1 aromatic heterocycles. The van der Waals surface area contributed by atoms with E-state index in [0.29, 0.717) is 31.3 Å². The summed E-state index contributed by atoms with van der Waals surface area (Å²) in [6.07, 6.45) is 2.40. The van der Waals surface area contributed by atoms with Crippen molar-refractivity contribution in [2.24, 2.45) is 4.99 Å². The van der Waals surface area contributed by atoms with Crippen molar-refractivity contribution in [2.45, 2.75) is 19.9 Å². The van der Waals surface area contributed by atoms with Crippen LogP contribution in [0.15, 0.2) is 58.2 Å². The number of aliphatic imine (C=N–C) groups is 1.